The molecule has 0 fully saturated rings. The second-order valence-corrected chi connectivity index (χ2v) is 7.52. The zero-order valence-corrected chi connectivity index (χ0v) is 18.3. The summed E-state index contributed by atoms with van der Waals surface area (Å²) in [5.74, 6) is 0.768. The van der Waals surface area contributed by atoms with Crippen molar-refractivity contribution in [2.75, 3.05) is 13.7 Å². The number of hydrogen-bond acceptors (Lipinski definition) is 6. The Morgan fingerprint density at radius 1 is 0.879 bits per heavy atom. The molecule has 0 aliphatic heterocycles. The van der Waals surface area contributed by atoms with Gasteiger partial charge >= 0.3 is 5.69 Å². The number of benzene rings is 3. The fraction of sp³-hybridized carbons (Fsp3) is 0.192. The highest BCUT2D eigenvalue weighted by atomic mass is 16.5. The highest BCUT2D eigenvalue weighted by Crippen LogP contribution is 2.27. The van der Waals surface area contributed by atoms with Crippen LogP contribution in [-0.2, 0) is 17.9 Å². The third-order valence-electron chi connectivity index (χ3n) is 5.09. The van der Waals surface area contributed by atoms with Crippen molar-refractivity contribution in [2.45, 2.75) is 19.3 Å². The van der Waals surface area contributed by atoms with E-state index in [4.69, 9.17) is 9.47 Å². The van der Waals surface area contributed by atoms with Crippen molar-refractivity contribution in [2.24, 2.45) is 0 Å². The molecule has 0 saturated heterocycles. The lowest BCUT2D eigenvalue weighted by atomic mass is 10.0. The van der Waals surface area contributed by atoms with E-state index in [1.165, 1.54) is 4.68 Å². The Balaban J connectivity index is 1.50. The molecule has 0 aliphatic carbocycles. The summed E-state index contributed by atoms with van der Waals surface area (Å²) in [6.45, 7) is 0.369. The van der Waals surface area contributed by atoms with E-state index in [-0.39, 0.29) is 13.2 Å². The summed E-state index contributed by atoms with van der Waals surface area (Å²) in [7, 11) is 1.61. The van der Waals surface area contributed by atoms with Crippen molar-refractivity contribution in [1.29, 1.82) is 0 Å². The second kappa shape index (κ2) is 10.7. The van der Waals surface area contributed by atoms with E-state index < -0.39 is 11.8 Å². The van der Waals surface area contributed by atoms with Crippen LogP contribution in [0.25, 0.3) is 22.5 Å². The molecule has 0 saturated carbocycles. The van der Waals surface area contributed by atoms with Crippen molar-refractivity contribution in [3.63, 3.8) is 0 Å². The van der Waals surface area contributed by atoms with Crippen LogP contribution in [0.2, 0.25) is 0 Å². The molecule has 1 N–H and O–H groups in total. The number of aliphatic hydroxyl groups is 1. The molecule has 168 valence electrons. The number of methoxy groups -OCH3 is 1. The number of rotatable bonds is 9. The summed E-state index contributed by atoms with van der Waals surface area (Å²) in [6.07, 6.45) is -0.915. The maximum absolute atomic E-state index is 12.7. The Kier molecular flexibility index (Phi) is 7.24. The minimum atomic E-state index is -0.915. The molecule has 33 heavy (non-hydrogen) atoms. The lowest BCUT2D eigenvalue weighted by Gasteiger charge is -2.15. The largest absolute Gasteiger partial charge is 0.497 e. The fourth-order valence-corrected chi connectivity index (χ4v) is 3.41. The number of aliphatic hydroxyl groups excluding tert-OH is 1. The van der Waals surface area contributed by atoms with Gasteiger partial charge in [0.15, 0.2) is 0 Å². The van der Waals surface area contributed by atoms with Gasteiger partial charge in [0.05, 0.1) is 33.0 Å². The Morgan fingerprint density at radius 2 is 1.48 bits per heavy atom. The summed E-state index contributed by atoms with van der Waals surface area (Å²) in [5.41, 5.74) is 3.15. The summed E-state index contributed by atoms with van der Waals surface area (Å²) in [6, 6.07) is 26.5. The molecule has 0 bridgehead atoms. The molecule has 4 rings (SSSR count). The van der Waals surface area contributed by atoms with Crippen molar-refractivity contribution in [3.8, 4) is 28.3 Å². The molecule has 0 spiro atoms. The first-order chi connectivity index (χ1) is 16.1. The summed E-state index contributed by atoms with van der Waals surface area (Å²) < 4.78 is 12.0. The SMILES string of the molecule is COc1ccc(COCC(O)Cn2nc(-c3ccccc3)c(-c3ccccc3)nc2=O)cc1. The van der Waals surface area contributed by atoms with E-state index in [1.807, 2.05) is 84.9 Å². The first-order valence-electron chi connectivity index (χ1n) is 10.6. The quantitative estimate of drug-likeness (QED) is 0.426. The van der Waals surface area contributed by atoms with Crippen LogP contribution in [-0.4, -0.2) is 39.7 Å². The lowest BCUT2D eigenvalue weighted by molar-refractivity contribution is 0.0178. The molecular formula is C26H25N3O4. The maximum Gasteiger partial charge on any atom is 0.364 e. The third kappa shape index (κ3) is 5.71. The monoisotopic (exact) mass is 443 g/mol. The van der Waals surface area contributed by atoms with Gasteiger partial charge in [0.2, 0.25) is 0 Å². The van der Waals surface area contributed by atoms with E-state index >= 15 is 0 Å². The molecule has 1 atom stereocenters. The molecule has 1 unspecified atom stereocenters. The Bertz CT molecular complexity index is 1230. The van der Waals surface area contributed by atoms with E-state index in [1.54, 1.807) is 7.11 Å². The van der Waals surface area contributed by atoms with E-state index in [0.29, 0.717) is 18.0 Å². The summed E-state index contributed by atoms with van der Waals surface area (Å²) in [4.78, 5) is 17.0. The van der Waals surface area contributed by atoms with Crippen LogP contribution in [0.5, 0.6) is 5.75 Å². The van der Waals surface area contributed by atoms with Crippen molar-refractivity contribution < 1.29 is 14.6 Å². The Morgan fingerprint density at radius 3 is 2.09 bits per heavy atom. The first-order valence-corrected chi connectivity index (χ1v) is 10.6. The van der Waals surface area contributed by atoms with Crippen LogP contribution in [0.4, 0.5) is 0 Å². The van der Waals surface area contributed by atoms with Gasteiger partial charge in [0, 0.05) is 11.1 Å². The minimum absolute atomic E-state index is 0.0245. The van der Waals surface area contributed by atoms with Crippen LogP contribution >= 0.6 is 0 Å². The topological polar surface area (TPSA) is 86.5 Å². The predicted octanol–water partition coefficient (Wildman–Crippen LogP) is 3.56. The highest BCUT2D eigenvalue weighted by Gasteiger charge is 2.16. The van der Waals surface area contributed by atoms with Gasteiger partial charge in [-0.25, -0.2) is 9.48 Å². The molecule has 0 aliphatic rings. The van der Waals surface area contributed by atoms with E-state index in [0.717, 1.165) is 22.4 Å². The minimum Gasteiger partial charge on any atom is -0.497 e. The molecular weight excluding hydrogens is 418 g/mol. The summed E-state index contributed by atoms with van der Waals surface area (Å²) >= 11 is 0. The van der Waals surface area contributed by atoms with Crippen molar-refractivity contribution >= 4 is 0 Å². The average molecular weight is 444 g/mol. The van der Waals surface area contributed by atoms with Gasteiger partial charge in [-0.1, -0.05) is 72.8 Å². The van der Waals surface area contributed by atoms with Crippen molar-refractivity contribution in [3.05, 3.63) is 101 Å². The molecule has 1 aromatic heterocycles. The van der Waals surface area contributed by atoms with E-state index in [9.17, 15) is 9.90 Å². The van der Waals surface area contributed by atoms with Crippen LogP contribution < -0.4 is 10.4 Å². The standard InChI is InChI=1S/C26H25N3O4/c1-32-23-14-12-19(13-15-23)17-33-18-22(30)16-29-26(31)27-24(20-8-4-2-5-9-20)25(28-29)21-10-6-3-7-11-21/h2-15,22,30H,16-18H2,1H3. The normalized spacial score (nSPS) is 11.8. The van der Waals surface area contributed by atoms with Gasteiger partial charge in [0.25, 0.3) is 0 Å². The van der Waals surface area contributed by atoms with Crippen LogP contribution in [0, 0.1) is 0 Å². The Hall–Kier alpha value is -3.81. The van der Waals surface area contributed by atoms with Gasteiger partial charge in [-0.2, -0.15) is 10.1 Å². The van der Waals surface area contributed by atoms with Gasteiger partial charge in [-0.05, 0) is 17.7 Å². The summed E-state index contributed by atoms with van der Waals surface area (Å²) in [5, 5.41) is 15.0. The molecule has 0 amide bonds. The molecule has 3 aromatic carbocycles. The highest BCUT2D eigenvalue weighted by molar-refractivity contribution is 5.77. The molecule has 7 nitrogen and oxygen atoms in total. The second-order valence-electron chi connectivity index (χ2n) is 7.52. The molecule has 0 radical (unpaired) electrons. The Labute approximate surface area is 191 Å². The molecule has 1 heterocycles. The van der Waals surface area contributed by atoms with Crippen molar-refractivity contribution in [1.82, 2.24) is 14.8 Å². The van der Waals surface area contributed by atoms with Gasteiger partial charge in [0.1, 0.15) is 17.1 Å². The molecule has 7 heteroatoms. The smallest absolute Gasteiger partial charge is 0.364 e. The van der Waals surface area contributed by atoms with Gasteiger partial charge in [-0.3, -0.25) is 0 Å². The zero-order chi connectivity index (χ0) is 23.0. The predicted molar refractivity (Wildman–Crippen MR) is 126 cm³/mol. The van der Waals surface area contributed by atoms with E-state index in [2.05, 4.69) is 10.1 Å². The number of ether oxygens (including phenoxy) is 2. The van der Waals surface area contributed by atoms with Crippen LogP contribution in [0.1, 0.15) is 5.56 Å². The number of hydrogen-bond donors (Lipinski definition) is 1. The van der Waals surface area contributed by atoms with Gasteiger partial charge < -0.3 is 14.6 Å². The number of nitrogens with zero attached hydrogens (tertiary/aromatic N) is 3. The molecule has 4 aromatic rings. The average Bonchev–Trinajstić information content (AvgIpc) is 2.86. The van der Waals surface area contributed by atoms with Crippen LogP contribution in [0.3, 0.4) is 0 Å². The zero-order valence-electron chi connectivity index (χ0n) is 18.3. The third-order valence-corrected chi connectivity index (χ3v) is 5.09. The lowest BCUT2D eigenvalue weighted by Crippen LogP contribution is -2.33. The first kappa shape index (κ1) is 22.4. The maximum atomic E-state index is 12.7. The number of aromatic nitrogens is 3. The fourth-order valence-electron chi connectivity index (χ4n) is 3.41. The van der Waals surface area contributed by atoms with Gasteiger partial charge in [-0.15, -0.1) is 0 Å². The van der Waals surface area contributed by atoms with Crippen LogP contribution in [0.15, 0.2) is 89.7 Å².